The molecule has 5 rings (SSSR count). The number of hydrogen-bond acceptors (Lipinski definition) is 5. The van der Waals surface area contributed by atoms with Gasteiger partial charge in [0.15, 0.2) is 0 Å². The Bertz CT molecular complexity index is 1460. The van der Waals surface area contributed by atoms with E-state index in [9.17, 15) is 22.4 Å². The number of halogens is 5. The first-order valence-corrected chi connectivity index (χ1v) is 11.9. The lowest BCUT2D eigenvalue weighted by Crippen LogP contribution is -2.24. The molecular formula is C26H24ClF4N5O. The van der Waals surface area contributed by atoms with Gasteiger partial charge < -0.3 is 10.7 Å². The maximum absolute atomic E-state index is 13.4. The predicted molar refractivity (Wildman–Crippen MR) is 136 cm³/mol. The van der Waals surface area contributed by atoms with Crippen molar-refractivity contribution in [2.24, 2.45) is 0 Å². The van der Waals surface area contributed by atoms with Gasteiger partial charge in [0.25, 0.3) is 11.5 Å². The highest BCUT2D eigenvalue weighted by atomic mass is 35.5. The van der Waals surface area contributed by atoms with Crippen LogP contribution in [0.4, 0.5) is 23.2 Å². The number of nitrogens with one attached hydrogen (secondary N) is 1. The van der Waals surface area contributed by atoms with Crippen molar-refractivity contribution in [3.05, 3.63) is 87.1 Å². The summed E-state index contributed by atoms with van der Waals surface area (Å²) in [7, 11) is 0. The summed E-state index contributed by atoms with van der Waals surface area (Å²) in [5, 5.41) is 0.644. The van der Waals surface area contributed by atoms with E-state index in [2.05, 4.69) is 15.0 Å². The fourth-order valence-electron chi connectivity index (χ4n) is 3.98. The summed E-state index contributed by atoms with van der Waals surface area (Å²) in [4.78, 5) is 25.4. The second-order valence-electron chi connectivity index (χ2n) is 8.76. The molecule has 6 nitrogen and oxygen atoms in total. The number of rotatable bonds is 4. The molecule has 1 fully saturated rings. The maximum Gasteiger partial charge on any atom is 0.261 e. The number of nitrogen functional groups attached to an aromatic ring is 1. The summed E-state index contributed by atoms with van der Waals surface area (Å²) in [6, 6.07) is 9.67. The van der Waals surface area contributed by atoms with E-state index in [0.29, 0.717) is 51.7 Å². The SMILES string of the molecule is CCN1CCC(F)(F)C1.Nc1cc2nc(Cc3ccc(-c4cc(F)cc(F)c4)nc3)[nH]c(=O)c2cc1Cl. The van der Waals surface area contributed by atoms with Crippen molar-refractivity contribution in [2.45, 2.75) is 25.7 Å². The molecule has 2 aromatic carbocycles. The minimum atomic E-state index is -2.41. The van der Waals surface area contributed by atoms with Crippen LogP contribution in [0.15, 0.2) is 53.5 Å². The van der Waals surface area contributed by atoms with Gasteiger partial charge in [-0.15, -0.1) is 0 Å². The molecule has 4 aromatic rings. The summed E-state index contributed by atoms with van der Waals surface area (Å²) in [6.07, 6.45) is 1.93. The predicted octanol–water partition coefficient (Wildman–Crippen LogP) is 5.44. The Labute approximate surface area is 215 Å². The first-order chi connectivity index (χ1) is 17.5. The van der Waals surface area contributed by atoms with Gasteiger partial charge in [0.1, 0.15) is 17.5 Å². The number of nitrogens with zero attached hydrogens (tertiary/aromatic N) is 3. The fraction of sp³-hybridized carbons (Fsp3) is 0.269. The summed E-state index contributed by atoms with van der Waals surface area (Å²) in [5.41, 5.74) is 7.80. The molecule has 2 aromatic heterocycles. The van der Waals surface area contributed by atoms with Crippen LogP contribution in [0.25, 0.3) is 22.2 Å². The van der Waals surface area contributed by atoms with Crippen LogP contribution in [-0.2, 0) is 6.42 Å². The van der Waals surface area contributed by atoms with Crippen LogP contribution in [0.5, 0.6) is 0 Å². The van der Waals surface area contributed by atoms with Gasteiger partial charge in [-0.3, -0.25) is 14.7 Å². The molecule has 0 saturated carbocycles. The zero-order valence-corrected chi connectivity index (χ0v) is 20.6. The Hall–Kier alpha value is -3.50. The van der Waals surface area contributed by atoms with E-state index in [1.54, 1.807) is 29.3 Å². The zero-order valence-electron chi connectivity index (χ0n) is 19.9. The quantitative estimate of drug-likeness (QED) is 0.269. The molecule has 3 N–H and O–H groups in total. The molecule has 11 heteroatoms. The number of hydrogen-bond donors (Lipinski definition) is 2. The third kappa shape index (κ3) is 6.64. The number of aromatic nitrogens is 3. The smallest absolute Gasteiger partial charge is 0.261 e. The van der Waals surface area contributed by atoms with E-state index < -0.39 is 17.6 Å². The Morgan fingerprint density at radius 3 is 2.43 bits per heavy atom. The van der Waals surface area contributed by atoms with Gasteiger partial charge in [0.05, 0.1) is 33.9 Å². The fourth-order valence-corrected chi connectivity index (χ4v) is 4.14. The molecule has 0 bridgehead atoms. The van der Waals surface area contributed by atoms with Crippen molar-refractivity contribution in [2.75, 3.05) is 25.4 Å². The van der Waals surface area contributed by atoms with Gasteiger partial charge in [0.2, 0.25) is 0 Å². The van der Waals surface area contributed by atoms with Crippen molar-refractivity contribution < 1.29 is 17.6 Å². The Morgan fingerprint density at radius 1 is 1.14 bits per heavy atom. The van der Waals surface area contributed by atoms with Crippen molar-refractivity contribution in [1.29, 1.82) is 0 Å². The summed E-state index contributed by atoms with van der Waals surface area (Å²) in [5.74, 6) is -3.31. The highest BCUT2D eigenvalue weighted by molar-refractivity contribution is 6.33. The van der Waals surface area contributed by atoms with Gasteiger partial charge in [-0.05, 0) is 42.4 Å². The normalized spacial score (nSPS) is 15.0. The molecule has 3 heterocycles. The van der Waals surface area contributed by atoms with Crippen molar-refractivity contribution in [3.8, 4) is 11.3 Å². The van der Waals surface area contributed by atoms with Gasteiger partial charge in [0, 0.05) is 37.2 Å². The van der Waals surface area contributed by atoms with E-state index in [-0.39, 0.29) is 18.5 Å². The maximum atomic E-state index is 13.4. The monoisotopic (exact) mass is 533 g/mol. The topological polar surface area (TPSA) is 87.9 Å². The molecule has 0 radical (unpaired) electrons. The number of H-pyrrole nitrogens is 1. The first kappa shape index (κ1) is 26.6. The molecule has 0 atom stereocenters. The van der Waals surface area contributed by atoms with E-state index in [1.165, 1.54) is 18.2 Å². The van der Waals surface area contributed by atoms with Crippen molar-refractivity contribution in [1.82, 2.24) is 19.9 Å². The highest BCUT2D eigenvalue weighted by Gasteiger charge is 2.37. The largest absolute Gasteiger partial charge is 0.397 e. The number of pyridine rings is 1. The van der Waals surface area contributed by atoms with Crippen LogP contribution >= 0.6 is 11.6 Å². The summed E-state index contributed by atoms with van der Waals surface area (Å²) in [6.45, 7) is 3.17. The number of fused-ring (bicyclic) bond motifs is 1. The number of anilines is 1. The summed E-state index contributed by atoms with van der Waals surface area (Å²) < 4.78 is 51.4. The number of alkyl halides is 2. The molecule has 194 valence electrons. The molecule has 1 aliphatic rings. The summed E-state index contributed by atoms with van der Waals surface area (Å²) >= 11 is 5.95. The van der Waals surface area contributed by atoms with Gasteiger partial charge in [-0.2, -0.15) is 0 Å². The lowest BCUT2D eigenvalue weighted by atomic mass is 10.1. The van der Waals surface area contributed by atoms with E-state index in [4.69, 9.17) is 17.3 Å². The molecular weight excluding hydrogens is 510 g/mol. The molecule has 0 unspecified atom stereocenters. The lowest BCUT2D eigenvalue weighted by molar-refractivity contribution is 0.0127. The van der Waals surface area contributed by atoms with Crippen molar-refractivity contribution in [3.63, 3.8) is 0 Å². The molecule has 0 aliphatic carbocycles. The minimum Gasteiger partial charge on any atom is -0.397 e. The number of aromatic amines is 1. The third-order valence-corrected chi connectivity index (χ3v) is 6.25. The molecule has 1 saturated heterocycles. The molecule has 0 spiro atoms. The standard InChI is InChI=1S/C20H13ClF2N4O.C6H11F2N/c21-15-7-14-18(8-16(15)24)26-19(27-20(14)28)3-10-1-2-17(25-9-10)11-4-12(22)6-13(23)5-11;1-2-9-4-3-6(7,8)5-9/h1-2,4-9H,3,24H2,(H,26,27,28);2-5H2,1H3. The van der Waals surface area contributed by atoms with Crippen molar-refractivity contribution >= 4 is 28.2 Å². The highest BCUT2D eigenvalue weighted by Crippen LogP contribution is 2.26. The lowest BCUT2D eigenvalue weighted by Gasteiger charge is -2.11. The van der Waals surface area contributed by atoms with Crippen LogP contribution in [0, 0.1) is 11.6 Å². The number of nitrogens with two attached hydrogens (primary N) is 1. The number of benzene rings is 2. The van der Waals surface area contributed by atoms with Crippen LogP contribution in [0.3, 0.4) is 0 Å². The van der Waals surface area contributed by atoms with Gasteiger partial charge in [-0.1, -0.05) is 24.6 Å². The Kier molecular flexibility index (Phi) is 7.79. The van der Waals surface area contributed by atoms with Crippen LogP contribution in [0.1, 0.15) is 24.7 Å². The van der Waals surface area contributed by atoms with E-state index >= 15 is 0 Å². The van der Waals surface area contributed by atoms with Crippen LogP contribution in [-0.4, -0.2) is 45.4 Å². The van der Waals surface area contributed by atoms with Gasteiger partial charge in [-0.25, -0.2) is 22.5 Å². The second kappa shape index (κ2) is 10.9. The molecule has 37 heavy (non-hydrogen) atoms. The van der Waals surface area contributed by atoms with E-state index in [0.717, 1.165) is 18.2 Å². The van der Waals surface area contributed by atoms with Crippen LogP contribution < -0.4 is 11.3 Å². The molecule has 1 aliphatic heterocycles. The zero-order chi connectivity index (χ0) is 26.7. The van der Waals surface area contributed by atoms with Gasteiger partial charge >= 0.3 is 0 Å². The van der Waals surface area contributed by atoms with E-state index in [1.807, 2.05) is 6.92 Å². The average molecular weight is 534 g/mol. The molecule has 0 amide bonds. The second-order valence-corrected chi connectivity index (χ2v) is 9.17. The number of likely N-dealkylation sites (tertiary alicyclic amines) is 1. The first-order valence-electron chi connectivity index (χ1n) is 11.5. The van der Waals surface area contributed by atoms with Crippen LogP contribution in [0.2, 0.25) is 5.02 Å². The Morgan fingerprint density at radius 2 is 1.86 bits per heavy atom. The third-order valence-electron chi connectivity index (χ3n) is 5.92. The minimum absolute atomic E-state index is 0.0382. The average Bonchev–Trinajstić information content (AvgIpc) is 3.19. The Balaban J connectivity index is 0.000000301.